The van der Waals surface area contributed by atoms with Crippen molar-refractivity contribution in [2.45, 2.75) is 58.9 Å². The fourth-order valence-corrected chi connectivity index (χ4v) is 3.65. The largest absolute Gasteiger partial charge is 0.308 e. The van der Waals surface area contributed by atoms with E-state index in [4.69, 9.17) is 0 Å². The summed E-state index contributed by atoms with van der Waals surface area (Å²) in [5, 5.41) is 8.13. The molecule has 2 rings (SSSR count). The Bertz CT molecular complexity index is 389. The van der Waals surface area contributed by atoms with Crippen LogP contribution < -0.4 is 5.32 Å². The molecule has 1 fully saturated rings. The Balaban J connectivity index is 2.03. The van der Waals surface area contributed by atoms with Gasteiger partial charge in [0.15, 0.2) is 0 Å². The summed E-state index contributed by atoms with van der Waals surface area (Å²) in [5.74, 6) is 2.55. The Hall–Kier alpha value is -0.830. The van der Waals surface area contributed by atoms with Crippen LogP contribution in [0.4, 0.5) is 0 Å². The highest BCUT2D eigenvalue weighted by Gasteiger charge is 2.30. The average molecular weight is 277 g/mol. The van der Waals surface area contributed by atoms with E-state index in [0.717, 1.165) is 24.3 Å². The van der Waals surface area contributed by atoms with Crippen molar-refractivity contribution < 1.29 is 0 Å². The SMILES string of the molecule is CCCNC(c1ccnn1C)C1CCC(C(C)C)CC1. The first kappa shape index (κ1) is 15.6. The highest BCUT2D eigenvalue weighted by Crippen LogP contribution is 2.39. The van der Waals surface area contributed by atoms with E-state index in [2.05, 4.69) is 44.3 Å². The molecule has 1 aliphatic rings. The number of nitrogens with zero attached hydrogens (tertiary/aromatic N) is 2. The predicted octanol–water partition coefficient (Wildman–Crippen LogP) is 3.92. The van der Waals surface area contributed by atoms with Crippen LogP contribution in [0, 0.1) is 17.8 Å². The van der Waals surface area contributed by atoms with Crippen LogP contribution in [0.3, 0.4) is 0 Å². The van der Waals surface area contributed by atoms with Gasteiger partial charge in [-0.3, -0.25) is 4.68 Å². The summed E-state index contributed by atoms with van der Waals surface area (Å²) >= 11 is 0. The first-order valence-electron chi connectivity index (χ1n) is 8.34. The summed E-state index contributed by atoms with van der Waals surface area (Å²) in [7, 11) is 2.07. The molecule has 1 unspecified atom stereocenters. The van der Waals surface area contributed by atoms with Gasteiger partial charge in [-0.15, -0.1) is 0 Å². The topological polar surface area (TPSA) is 29.9 Å². The number of aryl methyl sites for hydroxylation is 1. The summed E-state index contributed by atoms with van der Waals surface area (Å²) in [4.78, 5) is 0. The van der Waals surface area contributed by atoms with Crippen LogP contribution in [0.15, 0.2) is 12.3 Å². The van der Waals surface area contributed by atoms with Gasteiger partial charge in [0.25, 0.3) is 0 Å². The van der Waals surface area contributed by atoms with Gasteiger partial charge < -0.3 is 5.32 Å². The van der Waals surface area contributed by atoms with Crippen molar-refractivity contribution in [1.82, 2.24) is 15.1 Å². The van der Waals surface area contributed by atoms with E-state index in [-0.39, 0.29) is 0 Å². The second-order valence-electron chi connectivity index (χ2n) is 6.73. The molecule has 0 amide bonds. The minimum Gasteiger partial charge on any atom is -0.308 e. The van der Waals surface area contributed by atoms with Gasteiger partial charge in [0.05, 0.1) is 11.7 Å². The zero-order valence-corrected chi connectivity index (χ0v) is 13.6. The van der Waals surface area contributed by atoms with Crippen molar-refractivity contribution in [2.24, 2.45) is 24.8 Å². The molecule has 1 aliphatic carbocycles. The van der Waals surface area contributed by atoms with Crippen LogP contribution in [0.2, 0.25) is 0 Å². The van der Waals surface area contributed by atoms with E-state index in [0.29, 0.717) is 6.04 Å². The van der Waals surface area contributed by atoms with Crippen LogP contribution in [0.1, 0.15) is 64.6 Å². The van der Waals surface area contributed by atoms with Gasteiger partial charge in [-0.25, -0.2) is 0 Å². The lowest BCUT2D eigenvalue weighted by Crippen LogP contribution is -2.33. The molecular weight excluding hydrogens is 246 g/mol. The van der Waals surface area contributed by atoms with Gasteiger partial charge in [-0.2, -0.15) is 5.10 Å². The van der Waals surface area contributed by atoms with Crippen molar-refractivity contribution >= 4 is 0 Å². The van der Waals surface area contributed by atoms with Crippen LogP contribution in [-0.2, 0) is 7.05 Å². The number of rotatable bonds is 6. The van der Waals surface area contributed by atoms with Gasteiger partial charge in [0.1, 0.15) is 0 Å². The summed E-state index contributed by atoms with van der Waals surface area (Å²) in [5.41, 5.74) is 1.35. The maximum absolute atomic E-state index is 4.36. The molecule has 1 atom stereocenters. The zero-order chi connectivity index (χ0) is 14.5. The molecule has 3 nitrogen and oxygen atoms in total. The summed E-state index contributed by atoms with van der Waals surface area (Å²) < 4.78 is 2.04. The Morgan fingerprint density at radius 1 is 1.25 bits per heavy atom. The highest BCUT2D eigenvalue weighted by molar-refractivity contribution is 5.09. The quantitative estimate of drug-likeness (QED) is 0.854. The normalized spacial score (nSPS) is 25.1. The minimum atomic E-state index is 0.482. The molecule has 0 radical (unpaired) electrons. The Labute approximate surface area is 124 Å². The first-order chi connectivity index (χ1) is 9.63. The van der Waals surface area contributed by atoms with Crippen LogP contribution >= 0.6 is 0 Å². The maximum atomic E-state index is 4.36. The molecule has 114 valence electrons. The molecule has 20 heavy (non-hydrogen) atoms. The van der Waals surface area contributed by atoms with Crippen LogP contribution in [0.5, 0.6) is 0 Å². The lowest BCUT2D eigenvalue weighted by atomic mass is 9.74. The number of hydrogen-bond acceptors (Lipinski definition) is 2. The number of aromatic nitrogens is 2. The molecule has 0 bridgehead atoms. The summed E-state index contributed by atoms with van der Waals surface area (Å²) in [6, 6.07) is 2.66. The van der Waals surface area contributed by atoms with Crippen molar-refractivity contribution in [3.05, 3.63) is 18.0 Å². The molecule has 1 heterocycles. The molecule has 0 aliphatic heterocycles. The fraction of sp³-hybridized carbons (Fsp3) is 0.824. The minimum absolute atomic E-state index is 0.482. The zero-order valence-electron chi connectivity index (χ0n) is 13.6. The van der Waals surface area contributed by atoms with Crippen LogP contribution in [-0.4, -0.2) is 16.3 Å². The molecular formula is C17H31N3. The molecule has 0 saturated heterocycles. The van der Waals surface area contributed by atoms with Gasteiger partial charge in [-0.05, 0) is 62.5 Å². The van der Waals surface area contributed by atoms with E-state index < -0.39 is 0 Å². The maximum Gasteiger partial charge on any atom is 0.0553 e. The first-order valence-corrected chi connectivity index (χ1v) is 8.34. The smallest absolute Gasteiger partial charge is 0.0553 e. The Morgan fingerprint density at radius 2 is 1.90 bits per heavy atom. The van der Waals surface area contributed by atoms with E-state index in [1.54, 1.807) is 0 Å². The van der Waals surface area contributed by atoms with Crippen molar-refractivity contribution in [2.75, 3.05) is 6.54 Å². The highest BCUT2D eigenvalue weighted by atomic mass is 15.3. The van der Waals surface area contributed by atoms with Gasteiger partial charge in [0, 0.05) is 13.2 Å². The third-order valence-electron chi connectivity index (χ3n) is 5.02. The van der Waals surface area contributed by atoms with E-state index >= 15 is 0 Å². The lowest BCUT2D eigenvalue weighted by Gasteiger charge is -2.36. The molecule has 1 aromatic heterocycles. The van der Waals surface area contributed by atoms with E-state index in [1.807, 2.05) is 10.9 Å². The predicted molar refractivity (Wildman–Crippen MR) is 84.5 cm³/mol. The van der Waals surface area contributed by atoms with Crippen molar-refractivity contribution in [1.29, 1.82) is 0 Å². The molecule has 0 aromatic carbocycles. The average Bonchev–Trinajstić information content (AvgIpc) is 2.86. The van der Waals surface area contributed by atoms with Gasteiger partial charge in [-0.1, -0.05) is 20.8 Å². The number of hydrogen-bond donors (Lipinski definition) is 1. The third kappa shape index (κ3) is 3.63. The molecule has 1 aromatic rings. The summed E-state index contributed by atoms with van der Waals surface area (Å²) in [6.45, 7) is 8.08. The lowest BCUT2D eigenvalue weighted by molar-refractivity contribution is 0.185. The molecule has 1 saturated carbocycles. The van der Waals surface area contributed by atoms with Crippen LogP contribution in [0.25, 0.3) is 0 Å². The summed E-state index contributed by atoms with van der Waals surface area (Å²) in [6.07, 6.45) is 8.62. The van der Waals surface area contributed by atoms with Gasteiger partial charge >= 0.3 is 0 Å². The molecule has 3 heteroatoms. The van der Waals surface area contributed by atoms with Crippen molar-refractivity contribution in [3.63, 3.8) is 0 Å². The standard InChI is InChI=1S/C17H31N3/c1-5-11-18-17(16-10-12-19-20(16)4)15-8-6-14(7-9-15)13(2)3/h10,12-15,17-18H,5-9,11H2,1-4H3. The van der Waals surface area contributed by atoms with E-state index in [1.165, 1.54) is 37.8 Å². The second kappa shape index (κ2) is 7.26. The molecule has 0 spiro atoms. The van der Waals surface area contributed by atoms with Gasteiger partial charge in [0.2, 0.25) is 0 Å². The Kier molecular flexibility index (Phi) is 5.64. The number of nitrogens with one attached hydrogen (secondary N) is 1. The fourth-order valence-electron chi connectivity index (χ4n) is 3.65. The Morgan fingerprint density at radius 3 is 2.40 bits per heavy atom. The second-order valence-corrected chi connectivity index (χ2v) is 6.73. The monoisotopic (exact) mass is 277 g/mol. The van der Waals surface area contributed by atoms with Crippen molar-refractivity contribution in [3.8, 4) is 0 Å². The molecule has 1 N–H and O–H groups in total. The van der Waals surface area contributed by atoms with E-state index in [9.17, 15) is 0 Å². The third-order valence-corrected chi connectivity index (χ3v) is 5.02.